The number of hydrogen-bond acceptors (Lipinski definition) is 4. The monoisotopic (exact) mass is 343 g/mol. The van der Waals surface area contributed by atoms with Crippen LogP contribution in [0.2, 0.25) is 4.34 Å². The number of piperidine rings is 1. The minimum atomic E-state index is 0.119. The van der Waals surface area contributed by atoms with Crippen molar-refractivity contribution in [1.29, 1.82) is 0 Å². The molecule has 1 aromatic heterocycles. The molecule has 1 aliphatic heterocycles. The average Bonchev–Trinajstić information content (AvgIpc) is 2.84. The SMILES string of the molecule is CC(C)N1CCC(NC(=O)CN(C)Cc2ccc(Cl)s2)CC1. The summed E-state index contributed by atoms with van der Waals surface area (Å²) < 4.78 is 0.796. The quantitative estimate of drug-likeness (QED) is 0.862. The van der Waals surface area contributed by atoms with Crippen molar-refractivity contribution in [3.8, 4) is 0 Å². The molecule has 4 nitrogen and oxygen atoms in total. The molecular weight excluding hydrogens is 318 g/mol. The van der Waals surface area contributed by atoms with Crippen LogP contribution in [0.4, 0.5) is 0 Å². The second kappa shape index (κ2) is 8.29. The number of likely N-dealkylation sites (tertiary alicyclic amines) is 1. The van der Waals surface area contributed by atoms with E-state index in [9.17, 15) is 4.79 Å². The zero-order valence-electron chi connectivity index (χ0n) is 13.6. The van der Waals surface area contributed by atoms with Gasteiger partial charge in [0.2, 0.25) is 5.91 Å². The van der Waals surface area contributed by atoms with Gasteiger partial charge in [0.1, 0.15) is 0 Å². The van der Waals surface area contributed by atoms with E-state index >= 15 is 0 Å². The van der Waals surface area contributed by atoms with Gasteiger partial charge in [-0.2, -0.15) is 0 Å². The van der Waals surface area contributed by atoms with Crippen molar-refractivity contribution in [3.63, 3.8) is 0 Å². The first kappa shape index (κ1) is 17.7. The molecule has 1 N–H and O–H groups in total. The van der Waals surface area contributed by atoms with Crippen LogP contribution in [0.3, 0.4) is 0 Å². The third-order valence-corrected chi connectivity index (χ3v) is 5.31. The molecule has 1 saturated heterocycles. The van der Waals surface area contributed by atoms with Crippen LogP contribution in [-0.2, 0) is 11.3 Å². The molecule has 0 aliphatic carbocycles. The first-order valence-electron chi connectivity index (χ1n) is 7.90. The Morgan fingerprint density at radius 3 is 2.68 bits per heavy atom. The topological polar surface area (TPSA) is 35.6 Å². The Kier molecular flexibility index (Phi) is 6.68. The Bertz CT molecular complexity index is 483. The summed E-state index contributed by atoms with van der Waals surface area (Å²) in [6.45, 7) is 7.80. The fourth-order valence-corrected chi connectivity index (χ4v) is 4.01. The molecule has 0 atom stereocenters. The molecule has 0 radical (unpaired) electrons. The van der Waals surface area contributed by atoms with Crippen molar-refractivity contribution in [2.45, 2.75) is 45.3 Å². The maximum atomic E-state index is 12.1. The Morgan fingerprint density at radius 2 is 2.14 bits per heavy atom. The van der Waals surface area contributed by atoms with Crippen LogP contribution < -0.4 is 5.32 Å². The minimum absolute atomic E-state index is 0.119. The van der Waals surface area contributed by atoms with Gasteiger partial charge in [-0.1, -0.05) is 11.6 Å². The molecule has 1 fully saturated rings. The summed E-state index contributed by atoms with van der Waals surface area (Å²) in [4.78, 5) is 17.8. The van der Waals surface area contributed by atoms with Crippen LogP contribution in [-0.4, -0.2) is 54.5 Å². The Labute approximate surface area is 142 Å². The molecule has 0 unspecified atom stereocenters. The van der Waals surface area contributed by atoms with E-state index in [4.69, 9.17) is 11.6 Å². The second-order valence-corrected chi connectivity index (χ2v) is 8.15. The second-order valence-electron chi connectivity index (χ2n) is 6.35. The maximum absolute atomic E-state index is 12.1. The van der Waals surface area contributed by atoms with Gasteiger partial charge < -0.3 is 10.2 Å². The summed E-state index contributed by atoms with van der Waals surface area (Å²) >= 11 is 7.50. The van der Waals surface area contributed by atoms with Crippen LogP contribution in [0.25, 0.3) is 0 Å². The summed E-state index contributed by atoms with van der Waals surface area (Å²) in [7, 11) is 1.97. The van der Waals surface area contributed by atoms with Crippen molar-refractivity contribution < 1.29 is 4.79 Å². The number of likely N-dealkylation sites (N-methyl/N-ethyl adjacent to an activating group) is 1. The molecule has 0 spiro atoms. The lowest BCUT2D eigenvalue weighted by molar-refractivity contribution is -0.123. The zero-order valence-corrected chi connectivity index (χ0v) is 15.2. The molecule has 0 aromatic carbocycles. The van der Waals surface area contributed by atoms with E-state index < -0.39 is 0 Å². The molecule has 2 heterocycles. The summed E-state index contributed by atoms with van der Waals surface area (Å²) in [6, 6.07) is 4.84. The van der Waals surface area contributed by atoms with Gasteiger partial charge in [-0.15, -0.1) is 11.3 Å². The number of carbonyl (C=O) groups is 1. The molecule has 1 amide bonds. The third kappa shape index (κ3) is 5.54. The molecule has 124 valence electrons. The van der Waals surface area contributed by atoms with Gasteiger partial charge in [-0.25, -0.2) is 0 Å². The molecule has 0 bridgehead atoms. The number of halogens is 1. The predicted molar refractivity (Wildman–Crippen MR) is 93.5 cm³/mol. The smallest absolute Gasteiger partial charge is 0.234 e. The van der Waals surface area contributed by atoms with E-state index in [1.165, 1.54) is 4.88 Å². The first-order chi connectivity index (χ1) is 10.4. The average molecular weight is 344 g/mol. The minimum Gasteiger partial charge on any atom is -0.352 e. The number of rotatable bonds is 6. The van der Waals surface area contributed by atoms with Gasteiger partial charge in [0.15, 0.2) is 0 Å². The van der Waals surface area contributed by atoms with E-state index in [1.54, 1.807) is 11.3 Å². The summed E-state index contributed by atoms with van der Waals surface area (Å²) in [6.07, 6.45) is 2.10. The summed E-state index contributed by atoms with van der Waals surface area (Å²) in [5.74, 6) is 0.119. The van der Waals surface area contributed by atoms with E-state index in [2.05, 4.69) is 24.1 Å². The van der Waals surface area contributed by atoms with E-state index in [-0.39, 0.29) is 5.91 Å². The van der Waals surface area contributed by atoms with Gasteiger partial charge in [-0.3, -0.25) is 9.69 Å². The molecule has 1 aliphatic rings. The van der Waals surface area contributed by atoms with Crippen molar-refractivity contribution in [1.82, 2.24) is 15.1 Å². The molecule has 1 aromatic rings. The first-order valence-corrected chi connectivity index (χ1v) is 9.09. The number of nitrogens with zero attached hydrogens (tertiary/aromatic N) is 2. The van der Waals surface area contributed by atoms with Gasteiger partial charge in [0.25, 0.3) is 0 Å². The number of hydrogen-bond donors (Lipinski definition) is 1. The van der Waals surface area contributed by atoms with Gasteiger partial charge >= 0.3 is 0 Å². The van der Waals surface area contributed by atoms with E-state index in [1.807, 2.05) is 24.1 Å². The Morgan fingerprint density at radius 1 is 1.45 bits per heavy atom. The van der Waals surface area contributed by atoms with E-state index in [0.717, 1.165) is 36.8 Å². The zero-order chi connectivity index (χ0) is 16.1. The van der Waals surface area contributed by atoms with Crippen molar-refractivity contribution in [2.24, 2.45) is 0 Å². The van der Waals surface area contributed by atoms with Crippen LogP contribution in [0.1, 0.15) is 31.6 Å². The number of nitrogens with one attached hydrogen (secondary N) is 1. The Hall–Kier alpha value is -0.620. The Balaban J connectivity index is 1.69. The van der Waals surface area contributed by atoms with Gasteiger partial charge in [-0.05, 0) is 45.9 Å². The van der Waals surface area contributed by atoms with Crippen LogP contribution in [0.15, 0.2) is 12.1 Å². The van der Waals surface area contributed by atoms with Gasteiger partial charge in [0, 0.05) is 36.6 Å². The predicted octanol–water partition coefficient (Wildman–Crippen LogP) is 2.82. The normalized spacial score (nSPS) is 17.4. The van der Waals surface area contributed by atoms with Crippen LogP contribution >= 0.6 is 22.9 Å². The largest absolute Gasteiger partial charge is 0.352 e. The van der Waals surface area contributed by atoms with Crippen molar-refractivity contribution >= 4 is 28.8 Å². The lowest BCUT2D eigenvalue weighted by Gasteiger charge is -2.35. The highest BCUT2D eigenvalue weighted by molar-refractivity contribution is 7.16. The lowest BCUT2D eigenvalue weighted by Crippen LogP contribution is -2.48. The highest BCUT2D eigenvalue weighted by atomic mass is 35.5. The standard InChI is InChI=1S/C16H26ClN3OS/c1-12(2)20-8-6-13(7-9-20)18-16(21)11-19(3)10-14-4-5-15(17)22-14/h4-5,12-13H,6-11H2,1-3H3,(H,18,21). The fourth-order valence-electron chi connectivity index (χ4n) is 2.84. The highest BCUT2D eigenvalue weighted by Gasteiger charge is 2.22. The van der Waals surface area contributed by atoms with Crippen molar-refractivity contribution in [2.75, 3.05) is 26.7 Å². The fraction of sp³-hybridized carbons (Fsp3) is 0.688. The summed E-state index contributed by atoms with van der Waals surface area (Å²) in [5, 5.41) is 3.17. The number of thiophene rings is 1. The summed E-state index contributed by atoms with van der Waals surface area (Å²) in [5.41, 5.74) is 0. The molecule has 2 rings (SSSR count). The van der Waals surface area contributed by atoms with Gasteiger partial charge in [0.05, 0.1) is 10.9 Å². The number of carbonyl (C=O) groups excluding carboxylic acids is 1. The van der Waals surface area contributed by atoms with Crippen LogP contribution in [0, 0.1) is 0 Å². The van der Waals surface area contributed by atoms with Crippen molar-refractivity contribution in [3.05, 3.63) is 21.3 Å². The molecule has 0 saturated carbocycles. The van der Waals surface area contributed by atoms with Crippen LogP contribution in [0.5, 0.6) is 0 Å². The van der Waals surface area contributed by atoms with E-state index in [0.29, 0.717) is 18.6 Å². The maximum Gasteiger partial charge on any atom is 0.234 e. The molecule has 6 heteroatoms. The lowest BCUT2D eigenvalue weighted by atomic mass is 10.0. The molecule has 22 heavy (non-hydrogen) atoms. The highest BCUT2D eigenvalue weighted by Crippen LogP contribution is 2.22. The third-order valence-electron chi connectivity index (χ3n) is 4.09. The molecular formula is C16H26ClN3OS. The number of amides is 1.